The van der Waals surface area contributed by atoms with Crippen molar-refractivity contribution in [2.45, 2.75) is 51.6 Å². The largest absolute Gasteiger partial charge is 0.334 e. The number of piperidine rings is 1. The van der Waals surface area contributed by atoms with Crippen LogP contribution < -0.4 is 0 Å². The summed E-state index contributed by atoms with van der Waals surface area (Å²) in [6, 6.07) is 0. The van der Waals surface area contributed by atoms with Gasteiger partial charge in [0.15, 0.2) is 0 Å². The molecule has 1 saturated heterocycles. The predicted octanol–water partition coefficient (Wildman–Crippen LogP) is 3.30. The Morgan fingerprint density at radius 2 is 2.05 bits per heavy atom. The van der Waals surface area contributed by atoms with E-state index in [1.807, 2.05) is 12.4 Å². The number of thiazole rings is 1. The van der Waals surface area contributed by atoms with Crippen LogP contribution in [0.4, 0.5) is 0 Å². The van der Waals surface area contributed by atoms with E-state index >= 15 is 0 Å². The molecule has 1 aliphatic rings. The van der Waals surface area contributed by atoms with Gasteiger partial charge in [-0.1, -0.05) is 13.8 Å². The topological polar surface area (TPSA) is 34.0 Å². The highest BCUT2D eigenvalue weighted by molar-refractivity contribution is 7.09. The number of nitrogens with zero attached hydrogens (tertiary/aromatic N) is 4. The van der Waals surface area contributed by atoms with Crippen molar-refractivity contribution in [2.75, 3.05) is 13.1 Å². The molecule has 0 atom stereocenters. The second-order valence-electron chi connectivity index (χ2n) is 6.21. The van der Waals surface area contributed by atoms with Crippen molar-refractivity contribution < 1.29 is 0 Å². The van der Waals surface area contributed by atoms with Gasteiger partial charge in [-0.15, -0.1) is 11.3 Å². The molecule has 0 radical (unpaired) electrons. The van der Waals surface area contributed by atoms with E-state index in [9.17, 15) is 0 Å². The average Bonchev–Trinajstić information content (AvgIpc) is 3.15. The van der Waals surface area contributed by atoms with Gasteiger partial charge in [0.1, 0.15) is 5.82 Å². The molecule has 0 saturated carbocycles. The van der Waals surface area contributed by atoms with Gasteiger partial charge < -0.3 is 4.57 Å². The summed E-state index contributed by atoms with van der Waals surface area (Å²) in [5.74, 6) is 1.20. The van der Waals surface area contributed by atoms with Crippen LogP contribution in [0.3, 0.4) is 0 Å². The minimum Gasteiger partial charge on any atom is -0.334 e. The lowest BCUT2D eigenvalue weighted by molar-refractivity contribution is 0.157. The van der Waals surface area contributed by atoms with Gasteiger partial charge in [-0.25, -0.2) is 9.97 Å². The monoisotopic (exact) mass is 304 g/mol. The highest BCUT2D eigenvalue weighted by atomic mass is 32.1. The maximum absolute atomic E-state index is 4.53. The maximum atomic E-state index is 4.53. The average molecular weight is 304 g/mol. The van der Waals surface area contributed by atoms with E-state index in [2.05, 4.69) is 44.9 Å². The van der Waals surface area contributed by atoms with Gasteiger partial charge in [-0.05, 0) is 32.4 Å². The SMILES string of the molecule is CCCn1ccnc1CN1CCC(C)(c2nccs2)CC1. The van der Waals surface area contributed by atoms with Gasteiger partial charge in [0.2, 0.25) is 0 Å². The number of aromatic nitrogens is 3. The summed E-state index contributed by atoms with van der Waals surface area (Å²) in [6.07, 6.45) is 9.49. The predicted molar refractivity (Wildman–Crippen MR) is 86.5 cm³/mol. The molecule has 21 heavy (non-hydrogen) atoms. The van der Waals surface area contributed by atoms with Gasteiger partial charge in [-0.2, -0.15) is 0 Å². The zero-order valence-corrected chi connectivity index (χ0v) is 13.8. The van der Waals surface area contributed by atoms with Crippen LogP contribution in [0.1, 0.15) is 43.9 Å². The van der Waals surface area contributed by atoms with Crippen LogP contribution in [-0.2, 0) is 18.5 Å². The molecular weight excluding hydrogens is 280 g/mol. The van der Waals surface area contributed by atoms with Crippen LogP contribution in [0, 0.1) is 0 Å². The number of likely N-dealkylation sites (tertiary alicyclic amines) is 1. The Kier molecular flexibility index (Phi) is 4.40. The molecule has 114 valence electrons. The lowest BCUT2D eigenvalue weighted by Crippen LogP contribution is -2.40. The molecule has 0 N–H and O–H groups in total. The fraction of sp³-hybridized carbons (Fsp3) is 0.625. The number of aryl methyl sites for hydroxylation is 1. The zero-order valence-electron chi connectivity index (χ0n) is 13.0. The van der Waals surface area contributed by atoms with E-state index in [1.165, 1.54) is 23.7 Å². The molecule has 0 amide bonds. The molecule has 3 rings (SSSR count). The standard InChI is InChI=1S/C16H24N4S/c1-3-8-20-11-6-17-14(20)13-19-9-4-16(2,5-10-19)15-18-7-12-21-15/h6-7,11-12H,3-5,8-10,13H2,1-2H3. The zero-order chi connectivity index (χ0) is 14.7. The van der Waals surface area contributed by atoms with E-state index in [0.717, 1.165) is 32.6 Å². The van der Waals surface area contributed by atoms with Crippen molar-refractivity contribution >= 4 is 11.3 Å². The Labute approximate surface area is 130 Å². The van der Waals surface area contributed by atoms with Gasteiger partial charge in [0.25, 0.3) is 0 Å². The van der Waals surface area contributed by atoms with Gasteiger partial charge in [-0.3, -0.25) is 4.90 Å². The van der Waals surface area contributed by atoms with Crippen LogP contribution in [0.15, 0.2) is 24.0 Å². The molecule has 0 unspecified atom stereocenters. The number of imidazole rings is 1. The normalized spacial score (nSPS) is 19.0. The second-order valence-corrected chi connectivity index (χ2v) is 7.11. The van der Waals surface area contributed by atoms with Crippen molar-refractivity contribution in [2.24, 2.45) is 0 Å². The van der Waals surface area contributed by atoms with E-state index in [1.54, 1.807) is 11.3 Å². The fourth-order valence-corrected chi connectivity index (χ4v) is 3.94. The van der Waals surface area contributed by atoms with E-state index in [-0.39, 0.29) is 5.41 Å². The molecule has 0 aliphatic carbocycles. The summed E-state index contributed by atoms with van der Waals surface area (Å²) in [7, 11) is 0. The Morgan fingerprint density at radius 1 is 1.24 bits per heavy atom. The van der Waals surface area contributed by atoms with E-state index in [4.69, 9.17) is 0 Å². The molecule has 2 aromatic heterocycles. The third kappa shape index (κ3) is 3.19. The van der Waals surface area contributed by atoms with Gasteiger partial charge >= 0.3 is 0 Å². The fourth-order valence-electron chi connectivity index (χ4n) is 3.08. The van der Waals surface area contributed by atoms with E-state index in [0.29, 0.717) is 0 Å². The van der Waals surface area contributed by atoms with Crippen molar-refractivity contribution in [3.8, 4) is 0 Å². The van der Waals surface area contributed by atoms with E-state index < -0.39 is 0 Å². The van der Waals surface area contributed by atoms with Crippen LogP contribution in [0.5, 0.6) is 0 Å². The summed E-state index contributed by atoms with van der Waals surface area (Å²) in [6.45, 7) is 8.89. The highest BCUT2D eigenvalue weighted by Crippen LogP contribution is 2.36. The Bertz CT molecular complexity index is 553. The molecule has 1 fully saturated rings. The van der Waals surface area contributed by atoms with Crippen molar-refractivity contribution in [1.29, 1.82) is 0 Å². The summed E-state index contributed by atoms with van der Waals surface area (Å²) in [5.41, 5.74) is 0.267. The first-order valence-corrected chi connectivity index (χ1v) is 8.71. The molecule has 0 spiro atoms. The van der Waals surface area contributed by atoms with Gasteiger partial charge in [0.05, 0.1) is 11.6 Å². The second kappa shape index (κ2) is 6.28. The Morgan fingerprint density at radius 3 is 2.71 bits per heavy atom. The molecule has 1 aliphatic heterocycles. The van der Waals surface area contributed by atoms with Crippen molar-refractivity contribution in [3.63, 3.8) is 0 Å². The smallest absolute Gasteiger partial charge is 0.122 e. The van der Waals surface area contributed by atoms with Crippen LogP contribution >= 0.6 is 11.3 Å². The lowest BCUT2D eigenvalue weighted by atomic mass is 9.81. The van der Waals surface area contributed by atoms with Crippen molar-refractivity contribution in [3.05, 3.63) is 34.8 Å². The summed E-state index contributed by atoms with van der Waals surface area (Å²) >= 11 is 1.80. The molecule has 4 nitrogen and oxygen atoms in total. The molecule has 5 heteroatoms. The minimum atomic E-state index is 0.267. The summed E-state index contributed by atoms with van der Waals surface area (Å²) in [5, 5.41) is 3.39. The first kappa shape index (κ1) is 14.7. The molecule has 0 bridgehead atoms. The molecular formula is C16H24N4S. The Hall–Kier alpha value is -1.20. The summed E-state index contributed by atoms with van der Waals surface area (Å²) in [4.78, 5) is 11.6. The third-order valence-electron chi connectivity index (χ3n) is 4.54. The lowest BCUT2D eigenvalue weighted by Gasteiger charge is -2.38. The molecule has 0 aromatic carbocycles. The van der Waals surface area contributed by atoms with Gasteiger partial charge in [0, 0.05) is 35.9 Å². The quantitative estimate of drug-likeness (QED) is 0.850. The number of rotatable bonds is 5. The van der Waals surface area contributed by atoms with Crippen LogP contribution in [0.2, 0.25) is 0 Å². The first-order valence-electron chi connectivity index (χ1n) is 7.83. The third-order valence-corrected chi connectivity index (χ3v) is 5.62. The first-order chi connectivity index (χ1) is 10.2. The maximum Gasteiger partial charge on any atom is 0.122 e. The summed E-state index contributed by atoms with van der Waals surface area (Å²) < 4.78 is 2.29. The number of hydrogen-bond acceptors (Lipinski definition) is 4. The molecule has 3 heterocycles. The number of hydrogen-bond donors (Lipinski definition) is 0. The minimum absolute atomic E-state index is 0.267. The highest BCUT2D eigenvalue weighted by Gasteiger charge is 2.33. The van der Waals surface area contributed by atoms with Crippen LogP contribution in [-0.4, -0.2) is 32.5 Å². The van der Waals surface area contributed by atoms with Crippen molar-refractivity contribution in [1.82, 2.24) is 19.4 Å². The molecule has 2 aromatic rings. The Balaban J connectivity index is 1.60. The van der Waals surface area contributed by atoms with Crippen LogP contribution in [0.25, 0.3) is 0 Å².